The third kappa shape index (κ3) is 5.88. The molecule has 0 aromatic heterocycles. The quantitative estimate of drug-likeness (QED) is 0.585. The molecule has 0 heterocycles. The maximum atomic E-state index is 13.2. The highest BCUT2D eigenvalue weighted by Gasteiger charge is 2.42. The summed E-state index contributed by atoms with van der Waals surface area (Å²) in [6.07, 6.45) is -3.53. The molecule has 2 aromatic carbocycles. The van der Waals surface area contributed by atoms with Gasteiger partial charge in [0.2, 0.25) is 0 Å². The van der Waals surface area contributed by atoms with Crippen molar-refractivity contribution in [1.29, 1.82) is 0 Å². The summed E-state index contributed by atoms with van der Waals surface area (Å²) in [5.41, 5.74) is 0.328. The number of amides is 1. The van der Waals surface area contributed by atoms with Crippen molar-refractivity contribution < 1.29 is 30.8 Å². The van der Waals surface area contributed by atoms with E-state index in [1.54, 1.807) is 0 Å². The van der Waals surface area contributed by atoms with E-state index in [0.717, 1.165) is 18.2 Å². The third-order valence-corrected chi connectivity index (χ3v) is 6.74. The molecule has 1 fully saturated rings. The minimum atomic E-state index is -4.28. The van der Waals surface area contributed by atoms with E-state index in [1.807, 2.05) is 0 Å². The van der Waals surface area contributed by atoms with Crippen LogP contribution in [0.2, 0.25) is 5.02 Å². The molecule has 0 aliphatic heterocycles. The zero-order valence-electron chi connectivity index (χ0n) is 16.0. The molecule has 1 saturated carbocycles. The van der Waals surface area contributed by atoms with Crippen LogP contribution >= 0.6 is 11.6 Å². The zero-order valence-corrected chi connectivity index (χ0v) is 17.6. The van der Waals surface area contributed by atoms with E-state index >= 15 is 0 Å². The Bertz CT molecular complexity index is 1060. The molecule has 0 bridgehead atoms. The van der Waals surface area contributed by atoms with Gasteiger partial charge in [-0.25, -0.2) is 12.8 Å². The minimum Gasteiger partial charge on any atom is -0.349 e. The van der Waals surface area contributed by atoms with Gasteiger partial charge in [-0.15, -0.1) is 0 Å². The summed E-state index contributed by atoms with van der Waals surface area (Å²) in [7, 11) is -4.04. The molecule has 2 atom stereocenters. The minimum absolute atomic E-state index is 0.0595. The molecule has 2 N–H and O–H groups in total. The highest BCUT2D eigenvalue weighted by Crippen LogP contribution is 2.37. The summed E-state index contributed by atoms with van der Waals surface area (Å²) >= 11 is 5.62. The van der Waals surface area contributed by atoms with E-state index in [2.05, 4.69) is 10.0 Å². The standard InChI is InChI=1S/C20H19ClF4N2O3S/c21-17-11-16(8-9-18(17)22)31(29,30)27-14-6-4-12(5-7-14)19(28)26-15-3-1-2-13(10-15)20(23,24)25/h4-9,11,13,15,27H,1-3,10H2,(H,26,28). The van der Waals surface area contributed by atoms with Crippen LogP contribution in [0.25, 0.3) is 0 Å². The molecule has 0 spiro atoms. The van der Waals surface area contributed by atoms with Crippen LogP contribution in [0.3, 0.4) is 0 Å². The van der Waals surface area contributed by atoms with Gasteiger partial charge in [-0.05, 0) is 61.7 Å². The topological polar surface area (TPSA) is 75.3 Å². The Kier molecular flexibility index (Phi) is 6.80. The van der Waals surface area contributed by atoms with Crippen LogP contribution in [0.1, 0.15) is 36.0 Å². The van der Waals surface area contributed by atoms with Crippen LogP contribution in [-0.4, -0.2) is 26.5 Å². The van der Waals surface area contributed by atoms with Crippen LogP contribution in [0.5, 0.6) is 0 Å². The second-order valence-electron chi connectivity index (χ2n) is 7.33. The normalized spacial score (nSPS) is 19.6. The van der Waals surface area contributed by atoms with Gasteiger partial charge < -0.3 is 5.32 Å². The second kappa shape index (κ2) is 9.04. The number of carbonyl (C=O) groups is 1. The lowest BCUT2D eigenvalue weighted by atomic mass is 9.85. The second-order valence-corrected chi connectivity index (χ2v) is 9.42. The maximum absolute atomic E-state index is 13.2. The number of anilines is 1. The fraction of sp³-hybridized carbons (Fsp3) is 0.350. The first-order valence-corrected chi connectivity index (χ1v) is 11.3. The molecule has 3 rings (SSSR count). The van der Waals surface area contributed by atoms with Crippen LogP contribution in [0.15, 0.2) is 47.4 Å². The number of halogens is 5. The molecule has 0 radical (unpaired) electrons. The molecule has 1 amide bonds. The molecule has 1 aliphatic carbocycles. The largest absolute Gasteiger partial charge is 0.391 e. The van der Waals surface area contributed by atoms with E-state index in [9.17, 15) is 30.8 Å². The van der Waals surface area contributed by atoms with Crippen LogP contribution in [-0.2, 0) is 10.0 Å². The van der Waals surface area contributed by atoms with E-state index in [0.29, 0.717) is 12.8 Å². The SMILES string of the molecule is O=C(NC1CCCC(C(F)(F)F)C1)c1ccc(NS(=O)(=O)c2ccc(F)c(Cl)c2)cc1. The summed E-state index contributed by atoms with van der Waals surface area (Å²) < 4.78 is 79.1. The van der Waals surface area contributed by atoms with Crippen LogP contribution < -0.4 is 10.0 Å². The van der Waals surface area contributed by atoms with Gasteiger partial charge >= 0.3 is 6.18 Å². The average Bonchev–Trinajstić information content (AvgIpc) is 2.69. The maximum Gasteiger partial charge on any atom is 0.391 e. The lowest BCUT2D eigenvalue weighted by Crippen LogP contribution is -2.41. The third-order valence-electron chi connectivity index (χ3n) is 5.07. The summed E-state index contributed by atoms with van der Waals surface area (Å²) in [5, 5.41) is 2.27. The summed E-state index contributed by atoms with van der Waals surface area (Å²) in [6.45, 7) is 0. The molecule has 2 aromatic rings. The van der Waals surface area contributed by atoms with Crippen molar-refractivity contribution in [1.82, 2.24) is 5.32 Å². The van der Waals surface area contributed by atoms with Gasteiger partial charge in [0.1, 0.15) is 5.82 Å². The highest BCUT2D eigenvalue weighted by atomic mass is 35.5. The Labute approximate surface area is 181 Å². The number of benzene rings is 2. The lowest BCUT2D eigenvalue weighted by molar-refractivity contribution is -0.183. The van der Waals surface area contributed by atoms with Gasteiger partial charge in [0.05, 0.1) is 15.8 Å². The fourth-order valence-corrected chi connectivity index (χ4v) is 4.76. The first kappa shape index (κ1) is 23.3. The van der Waals surface area contributed by atoms with Crippen molar-refractivity contribution in [2.24, 2.45) is 5.92 Å². The monoisotopic (exact) mass is 478 g/mol. The number of nitrogens with one attached hydrogen (secondary N) is 2. The summed E-state index contributed by atoms with van der Waals surface area (Å²) in [4.78, 5) is 12.1. The Hall–Kier alpha value is -2.33. The number of rotatable bonds is 5. The van der Waals surface area contributed by atoms with Gasteiger partial charge in [0.15, 0.2) is 0 Å². The van der Waals surface area contributed by atoms with Crippen molar-refractivity contribution in [2.45, 2.75) is 42.8 Å². The number of carbonyl (C=O) groups excluding carboxylic acids is 1. The van der Waals surface area contributed by atoms with Gasteiger partial charge in [-0.2, -0.15) is 13.2 Å². The Morgan fingerprint density at radius 1 is 1.06 bits per heavy atom. The molecular formula is C20H19ClF4N2O3S. The molecule has 168 valence electrons. The van der Waals surface area contributed by atoms with Gasteiger partial charge in [-0.3, -0.25) is 9.52 Å². The van der Waals surface area contributed by atoms with Crippen LogP contribution in [0.4, 0.5) is 23.2 Å². The number of sulfonamides is 1. The van der Waals surface area contributed by atoms with Crippen LogP contribution in [0, 0.1) is 11.7 Å². The summed E-state index contributed by atoms with van der Waals surface area (Å²) in [6, 6.07) is 7.79. The number of hydrogen-bond donors (Lipinski definition) is 2. The molecule has 31 heavy (non-hydrogen) atoms. The van der Waals surface area contributed by atoms with Crippen molar-refractivity contribution in [3.63, 3.8) is 0 Å². The first-order valence-electron chi connectivity index (χ1n) is 9.41. The van der Waals surface area contributed by atoms with E-state index in [1.165, 1.54) is 24.3 Å². The average molecular weight is 479 g/mol. The summed E-state index contributed by atoms with van der Waals surface area (Å²) in [5.74, 6) is -2.72. The Morgan fingerprint density at radius 2 is 1.74 bits per heavy atom. The smallest absolute Gasteiger partial charge is 0.349 e. The Morgan fingerprint density at radius 3 is 2.35 bits per heavy atom. The highest BCUT2D eigenvalue weighted by molar-refractivity contribution is 7.92. The van der Waals surface area contributed by atoms with Gasteiger partial charge in [0.25, 0.3) is 15.9 Å². The molecule has 2 unspecified atom stereocenters. The predicted molar refractivity (Wildman–Crippen MR) is 108 cm³/mol. The number of alkyl halides is 3. The first-order chi connectivity index (χ1) is 14.5. The van der Waals surface area contributed by atoms with Crippen molar-refractivity contribution >= 4 is 33.2 Å². The molecule has 5 nitrogen and oxygen atoms in total. The van der Waals surface area contributed by atoms with Crippen molar-refractivity contribution in [2.75, 3.05) is 4.72 Å². The molecule has 11 heteroatoms. The van der Waals surface area contributed by atoms with E-state index < -0.39 is 39.9 Å². The van der Waals surface area contributed by atoms with E-state index in [-0.39, 0.29) is 34.0 Å². The lowest BCUT2D eigenvalue weighted by Gasteiger charge is -2.31. The van der Waals surface area contributed by atoms with Gasteiger partial charge in [-0.1, -0.05) is 18.0 Å². The molecular weight excluding hydrogens is 460 g/mol. The number of hydrogen-bond acceptors (Lipinski definition) is 3. The van der Waals surface area contributed by atoms with Crippen molar-refractivity contribution in [3.8, 4) is 0 Å². The molecule has 0 saturated heterocycles. The predicted octanol–water partition coefficient (Wildman–Crippen LogP) is 5.13. The fourth-order valence-electron chi connectivity index (χ4n) is 3.43. The Balaban J connectivity index is 1.64. The van der Waals surface area contributed by atoms with Gasteiger partial charge in [0, 0.05) is 17.3 Å². The van der Waals surface area contributed by atoms with Crippen molar-refractivity contribution in [3.05, 3.63) is 58.9 Å². The van der Waals surface area contributed by atoms with E-state index in [4.69, 9.17) is 11.6 Å². The molecule has 1 aliphatic rings. The zero-order chi connectivity index (χ0) is 22.8.